The minimum atomic E-state index is -0.760. The molecule has 0 aliphatic heterocycles. The molecule has 0 heterocycles. The van der Waals surface area contributed by atoms with Crippen LogP contribution in [0.25, 0.3) is 6.08 Å². The molecule has 0 aromatic heterocycles. The van der Waals surface area contributed by atoms with E-state index in [0.717, 1.165) is 6.08 Å². The molecule has 2 aromatic rings. The van der Waals surface area contributed by atoms with Crippen molar-refractivity contribution in [2.24, 2.45) is 0 Å². The summed E-state index contributed by atoms with van der Waals surface area (Å²) < 4.78 is 15.2. The molecule has 0 bridgehead atoms. The maximum absolute atomic E-state index is 12.0. The van der Waals surface area contributed by atoms with Crippen molar-refractivity contribution in [3.05, 3.63) is 63.7 Å². The smallest absolute Gasteiger partial charge is 0.331 e. The average Bonchev–Trinajstić information content (AvgIpc) is 2.71. The Morgan fingerprint density at radius 1 is 1.17 bits per heavy atom. The van der Waals surface area contributed by atoms with Crippen molar-refractivity contribution in [3.63, 3.8) is 0 Å². The van der Waals surface area contributed by atoms with Gasteiger partial charge in [0, 0.05) is 17.7 Å². The number of esters is 1. The van der Waals surface area contributed by atoms with Gasteiger partial charge in [-0.15, -0.1) is 0 Å². The van der Waals surface area contributed by atoms with E-state index < -0.39 is 23.4 Å². The molecule has 0 atom stereocenters. The summed E-state index contributed by atoms with van der Waals surface area (Å²) in [5.41, 5.74) is 0.928. The van der Waals surface area contributed by atoms with E-state index in [1.54, 1.807) is 31.2 Å². The highest BCUT2D eigenvalue weighted by Gasteiger charge is 2.18. The Hall–Kier alpha value is -3.88. The van der Waals surface area contributed by atoms with E-state index in [1.807, 2.05) is 0 Å². The van der Waals surface area contributed by atoms with Crippen molar-refractivity contribution in [2.45, 2.75) is 6.92 Å². The van der Waals surface area contributed by atoms with Gasteiger partial charge in [0.25, 0.3) is 11.6 Å². The lowest BCUT2D eigenvalue weighted by atomic mass is 10.1. The fourth-order valence-corrected chi connectivity index (χ4v) is 2.45. The van der Waals surface area contributed by atoms with Crippen LogP contribution in [0.5, 0.6) is 11.5 Å². The van der Waals surface area contributed by atoms with Crippen LogP contribution in [0.15, 0.2) is 42.5 Å². The van der Waals surface area contributed by atoms with Crippen molar-refractivity contribution < 1.29 is 28.7 Å². The standard InChI is InChI=1S/C20H20N2O7/c1-13-5-4-6-16(22(25)26)20(13)21-18(23)12-29-19(24)10-7-14-11-15(27-2)8-9-17(14)28-3/h4-11H,12H2,1-3H3,(H,21,23)/b10-7+. The summed E-state index contributed by atoms with van der Waals surface area (Å²) in [7, 11) is 3.01. The normalized spacial score (nSPS) is 10.4. The van der Waals surface area contributed by atoms with Crippen molar-refractivity contribution >= 4 is 29.3 Å². The first-order chi connectivity index (χ1) is 13.8. The molecule has 2 rings (SSSR count). The lowest BCUT2D eigenvalue weighted by molar-refractivity contribution is -0.384. The lowest BCUT2D eigenvalue weighted by Crippen LogP contribution is -2.21. The molecule has 29 heavy (non-hydrogen) atoms. The van der Waals surface area contributed by atoms with Crippen molar-refractivity contribution in [2.75, 3.05) is 26.1 Å². The van der Waals surface area contributed by atoms with Gasteiger partial charge >= 0.3 is 5.97 Å². The van der Waals surface area contributed by atoms with Crippen molar-refractivity contribution in [3.8, 4) is 11.5 Å². The summed E-state index contributed by atoms with van der Waals surface area (Å²) in [5, 5.41) is 13.5. The molecule has 0 fully saturated rings. The Morgan fingerprint density at radius 3 is 2.59 bits per heavy atom. The van der Waals surface area contributed by atoms with Gasteiger partial charge in [-0.3, -0.25) is 14.9 Å². The fraction of sp³-hybridized carbons (Fsp3) is 0.200. The summed E-state index contributed by atoms with van der Waals surface area (Å²) in [5.74, 6) is -0.343. The van der Waals surface area contributed by atoms with E-state index in [-0.39, 0.29) is 11.4 Å². The largest absolute Gasteiger partial charge is 0.497 e. The molecule has 2 aromatic carbocycles. The molecule has 1 amide bonds. The van der Waals surface area contributed by atoms with E-state index >= 15 is 0 Å². The second-order valence-corrected chi connectivity index (χ2v) is 5.82. The number of nitro benzene ring substituents is 1. The third-order valence-electron chi connectivity index (χ3n) is 3.89. The van der Waals surface area contributed by atoms with Crippen molar-refractivity contribution in [1.29, 1.82) is 0 Å². The number of aryl methyl sites for hydroxylation is 1. The van der Waals surface area contributed by atoms with Crippen LogP contribution in [0, 0.1) is 17.0 Å². The Kier molecular flexibility index (Phi) is 7.30. The van der Waals surface area contributed by atoms with Crippen LogP contribution in [0.1, 0.15) is 11.1 Å². The number of methoxy groups -OCH3 is 2. The molecular formula is C20H20N2O7. The van der Waals surface area contributed by atoms with Crippen LogP contribution in [0.4, 0.5) is 11.4 Å². The Balaban J connectivity index is 1.99. The molecule has 0 saturated heterocycles. The van der Waals surface area contributed by atoms with E-state index in [4.69, 9.17) is 14.2 Å². The predicted molar refractivity (Wildman–Crippen MR) is 106 cm³/mol. The number of para-hydroxylation sites is 1. The van der Waals surface area contributed by atoms with Gasteiger partial charge in [-0.2, -0.15) is 0 Å². The number of rotatable bonds is 8. The zero-order valence-corrected chi connectivity index (χ0v) is 16.1. The summed E-state index contributed by atoms with van der Waals surface area (Å²) in [4.78, 5) is 34.4. The van der Waals surface area contributed by atoms with Crippen LogP contribution >= 0.6 is 0 Å². The lowest BCUT2D eigenvalue weighted by Gasteiger charge is -2.09. The maximum Gasteiger partial charge on any atom is 0.331 e. The van der Waals surface area contributed by atoms with E-state index in [1.165, 1.54) is 32.4 Å². The second kappa shape index (κ2) is 9.88. The number of nitrogens with zero attached hydrogens (tertiary/aromatic N) is 1. The predicted octanol–water partition coefficient (Wildman–Crippen LogP) is 3.12. The molecule has 0 saturated carbocycles. The van der Waals surface area contributed by atoms with Gasteiger partial charge in [-0.25, -0.2) is 4.79 Å². The molecule has 9 heteroatoms. The summed E-state index contributed by atoms with van der Waals surface area (Å²) in [6, 6.07) is 9.49. The highest BCUT2D eigenvalue weighted by atomic mass is 16.6. The van der Waals surface area contributed by atoms with Gasteiger partial charge in [0.2, 0.25) is 0 Å². The number of carbonyl (C=O) groups excluding carboxylic acids is 2. The Bertz CT molecular complexity index is 954. The van der Waals surface area contributed by atoms with Crippen LogP contribution in [-0.2, 0) is 14.3 Å². The van der Waals surface area contributed by atoms with Crippen LogP contribution in [-0.4, -0.2) is 37.6 Å². The number of anilines is 1. The van der Waals surface area contributed by atoms with E-state index in [2.05, 4.69) is 5.32 Å². The molecule has 0 unspecified atom stereocenters. The number of hydrogen-bond donors (Lipinski definition) is 1. The monoisotopic (exact) mass is 400 g/mol. The van der Waals surface area contributed by atoms with E-state index in [9.17, 15) is 19.7 Å². The summed E-state index contributed by atoms with van der Waals surface area (Å²) in [6.45, 7) is 1.03. The highest BCUT2D eigenvalue weighted by Crippen LogP contribution is 2.27. The first-order valence-electron chi connectivity index (χ1n) is 8.46. The quantitative estimate of drug-likeness (QED) is 0.313. The Morgan fingerprint density at radius 2 is 1.93 bits per heavy atom. The molecule has 1 N–H and O–H groups in total. The molecule has 152 valence electrons. The zero-order valence-electron chi connectivity index (χ0n) is 16.1. The molecule has 0 aliphatic rings. The van der Waals surface area contributed by atoms with Crippen molar-refractivity contribution in [1.82, 2.24) is 0 Å². The van der Waals surface area contributed by atoms with Crippen LogP contribution in [0.3, 0.4) is 0 Å². The molecule has 0 aliphatic carbocycles. The van der Waals surface area contributed by atoms with Gasteiger partial charge in [-0.05, 0) is 36.8 Å². The third kappa shape index (κ3) is 5.80. The van der Waals surface area contributed by atoms with Gasteiger partial charge in [-0.1, -0.05) is 12.1 Å². The SMILES string of the molecule is COc1ccc(OC)c(/C=C/C(=O)OCC(=O)Nc2c(C)cccc2[N+](=O)[O-])c1. The first-order valence-corrected chi connectivity index (χ1v) is 8.46. The van der Waals surface area contributed by atoms with Gasteiger partial charge in [0.1, 0.15) is 17.2 Å². The van der Waals surface area contributed by atoms with Gasteiger partial charge < -0.3 is 19.5 Å². The number of amides is 1. The number of ether oxygens (including phenoxy) is 3. The minimum Gasteiger partial charge on any atom is -0.497 e. The fourth-order valence-electron chi connectivity index (χ4n) is 2.45. The summed E-state index contributed by atoms with van der Waals surface area (Å²) in [6.07, 6.45) is 2.61. The third-order valence-corrected chi connectivity index (χ3v) is 3.89. The number of nitro groups is 1. The zero-order chi connectivity index (χ0) is 21.4. The number of carbonyl (C=O) groups is 2. The average molecular weight is 400 g/mol. The highest BCUT2D eigenvalue weighted by molar-refractivity contribution is 5.97. The first kappa shape index (κ1) is 21.4. The van der Waals surface area contributed by atoms with Gasteiger partial charge in [0.05, 0.1) is 19.1 Å². The topological polar surface area (TPSA) is 117 Å². The number of hydrogen-bond acceptors (Lipinski definition) is 7. The molecule has 0 radical (unpaired) electrons. The Labute approximate surface area is 167 Å². The number of benzene rings is 2. The number of nitrogens with one attached hydrogen (secondary N) is 1. The van der Waals surface area contributed by atoms with E-state index in [0.29, 0.717) is 22.6 Å². The van der Waals surface area contributed by atoms with Crippen LogP contribution in [0.2, 0.25) is 0 Å². The van der Waals surface area contributed by atoms with Crippen LogP contribution < -0.4 is 14.8 Å². The maximum atomic E-state index is 12.0. The second-order valence-electron chi connectivity index (χ2n) is 5.82. The van der Waals surface area contributed by atoms with Gasteiger partial charge in [0.15, 0.2) is 6.61 Å². The molecular weight excluding hydrogens is 380 g/mol. The minimum absolute atomic E-state index is 0.0650. The summed E-state index contributed by atoms with van der Waals surface area (Å²) >= 11 is 0. The molecule has 0 spiro atoms. The molecule has 9 nitrogen and oxygen atoms in total.